The van der Waals surface area contributed by atoms with Crippen LogP contribution in [0.1, 0.15) is 11.1 Å². The van der Waals surface area contributed by atoms with E-state index in [4.69, 9.17) is 9.47 Å². The molecule has 0 bridgehead atoms. The zero-order chi connectivity index (χ0) is 13.7. The molecule has 0 saturated carbocycles. The monoisotopic (exact) mass is 254 g/mol. The van der Waals surface area contributed by atoms with Gasteiger partial charge in [-0.1, -0.05) is 12.1 Å². The standard InChI is InChI=1S/C10H16B2O6/c1-17-5-7-3-10(12(15)16)8(6-18-2)4-9(7)11(13)14/h3-4,13-16H,5-6H2,1-2H3. The fraction of sp³-hybridized carbons (Fsp3) is 0.400. The van der Waals surface area contributed by atoms with Gasteiger partial charge >= 0.3 is 14.2 Å². The summed E-state index contributed by atoms with van der Waals surface area (Å²) in [6.45, 7) is 0.278. The minimum atomic E-state index is -1.66. The molecule has 0 spiro atoms. The van der Waals surface area contributed by atoms with Crippen molar-refractivity contribution < 1.29 is 29.6 Å². The molecule has 0 unspecified atom stereocenters. The summed E-state index contributed by atoms with van der Waals surface area (Å²) in [4.78, 5) is 0. The Balaban J connectivity index is 3.30. The Kier molecular flexibility index (Phi) is 5.80. The van der Waals surface area contributed by atoms with Crippen LogP contribution in [0.3, 0.4) is 0 Å². The number of ether oxygens (including phenoxy) is 2. The van der Waals surface area contributed by atoms with E-state index in [1.54, 1.807) is 0 Å². The van der Waals surface area contributed by atoms with Crippen molar-refractivity contribution in [1.29, 1.82) is 0 Å². The normalized spacial score (nSPS) is 10.6. The van der Waals surface area contributed by atoms with E-state index in [0.29, 0.717) is 11.1 Å². The average Bonchev–Trinajstić information content (AvgIpc) is 2.30. The topological polar surface area (TPSA) is 99.4 Å². The summed E-state index contributed by atoms with van der Waals surface area (Å²) in [6, 6.07) is 2.94. The van der Waals surface area contributed by atoms with Gasteiger partial charge in [-0.15, -0.1) is 0 Å². The van der Waals surface area contributed by atoms with Crippen molar-refractivity contribution in [2.45, 2.75) is 13.2 Å². The van der Waals surface area contributed by atoms with Crippen molar-refractivity contribution in [3.63, 3.8) is 0 Å². The fourth-order valence-corrected chi connectivity index (χ4v) is 1.77. The van der Waals surface area contributed by atoms with Gasteiger partial charge in [0.2, 0.25) is 0 Å². The highest BCUT2D eigenvalue weighted by Crippen LogP contribution is 2.05. The summed E-state index contributed by atoms with van der Waals surface area (Å²) < 4.78 is 9.87. The Hall–Kier alpha value is -0.890. The fourth-order valence-electron chi connectivity index (χ4n) is 1.77. The molecule has 0 aliphatic rings. The third-order valence-electron chi connectivity index (χ3n) is 2.56. The molecule has 0 saturated heterocycles. The first kappa shape index (κ1) is 15.2. The zero-order valence-corrected chi connectivity index (χ0v) is 10.3. The maximum absolute atomic E-state index is 9.29. The van der Waals surface area contributed by atoms with Gasteiger partial charge < -0.3 is 29.6 Å². The predicted molar refractivity (Wildman–Crippen MR) is 67.5 cm³/mol. The summed E-state index contributed by atoms with van der Waals surface area (Å²) in [7, 11) is -0.386. The van der Waals surface area contributed by atoms with Crippen LogP contribution in [0.2, 0.25) is 0 Å². The van der Waals surface area contributed by atoms with Crippen LogP contribution in [0.5, 0.6) is 0 Å². The van der Waals surface area contributed by atoms with Crippen molar-refractivity contribution in [2.24, 2.45) is 0 Å². The number of rotatable bonds is 6. The molecule has 4 N–H and O–H groups in total. The molecule has 0 fully saturated rings. The molecular formula is C10H16B2O6. The summed E-state index contributed by atoms with van der Waals surface area (Å²) in [5, 5.41) is 37.2. The number of hydrogen-bond donors (Lipinski definition) is 4. The first-order chi connectivity index (χ1) is 8.51. The third-order valence-corrected chi connectivity index (χ3v) is 2.56. The first-order valence-electron chi connectivity index (χ1n) is 5.37. The maximum atomic E-state index is 9.29. The molecule has 6 nitrogen and oxygen atoms in total. The molecular weight excluding hydrogens is 238 g/mol. The molecule has 0 radical (unpaired) electrons. The Morgan fingerprint density at radius 3 is 1.39 bits per heavy atom. The predicted octanol–water partition coefficient (Wildman–Crippen LogP) is -2.66. The molecule has 0 aliphatic heterocycles. The van der Waals surface area contributed by atoms with Crippen LogP contribution in [0.15, 0.2) is 12.1 Å². The van der Waals surface area contributed by atoms with Gasteiger partial charge in [-0.05, 0) is 22.1 Å². The van der Waals surface area contributed by atoms with Gasteiger partial charge in [0.25, 0.3) is 0 Å². The van der Waals surface area contributed by atoms with E-state index in [1.165, 1.54) is 26.4 Å². The second-order valence-electron chi connectivity index (χ2n) is 3.86. The van der Waals surface area contributed by atoms with Crippen molar-refractivity contribution in [1.82, 2.24) is 0 Å². The lowest BCUT2D eigenvalue weighted by Crippen LogP contribution is -2.40. The van der Waals surface area contributed by atoms with Crippen LogP contribution < -0.4 is 10.9 Å². The molecule has 0 atom stereocenters. The summed E-state index contributed by atoms with van der Waals surface area (Å²) in [5.74, 6) is 0. The second-order valence-corrected chi connectivity index (χ2v) is 3.86. The number of hydrogen-bond acceptors (Lipinski definition) is 6. The lowest BCUT2D eigenvalue weighted by atomic mass is 9.70. The quantitative estimate of drug-likeness (QED) is 0.413. The van der Waals surface area contributed by atoms with Gasteiger partial charge in [0, 0.05) is 14.2 Å². The van der Waals surface area contributed by atoms with Crippen LogP contribution >= 0.6 is 0 Å². The zero-order valence-electron chi connectivity index (χ0n) is 10.3. The van der Waals surface area contributed by atoms with E-state index in [-0.39, 0.29) is 24.1 Å². The molecule has 98 valence electrons. The van der Waals surface area contributed by atoms with Gasteiger partial charge in [-0.3, -0.25) is 0 Å². The van der Waals surface area contributed by atoms with Crippen LogP contribution in [-0.2, 0) is 22.7 Å². The van der Waals surface area contributed by atoms with E-state index in [1.807, 2.05) is 0 Å². The highest BCUT2D eigenvalue weighted by Gasteiger charge is 2.23. The van der Waals surface area contributed by atoms with Gasteiger partial charge in [-0.2, -0.15) is 0 Å². The maximum Gasteiger partial charge on any atom is 0.488 e. The van der Waals surface area contributed by atoms with Crippen LogP contribution in [0, 0.1) is 0 Å². The lowest BCUT2D eigenvalue weighted by molar-refractivity contribution is 0.183. The molecule has 1 rings (SSSR count). The summed E-state index contributed by atoms with van der Waals surface area (Å²) >= 11 is 0. The van der Waals surface area contributed by atoms with Crippen molar-refractivity contribution in [3.8, 4) is 0 Å². The molecule has 1 aromatic rings. The molecule has 0 aromatic heterocycles. The number of benzene rings is 1. The highest BCUT2D eigenvalue weighted by atomic mass is 16.5. The Bertz CT molecular complexity index is 358. The minimum absolute atomic E-state index is 0.139. The molecule has 18 heavy (non-hydrogen) atoms. The van der Waals surface area contributed by atoms with Crippen LogP contribution in [0.25, 0.3) is 0 Å². The van der Waals surface area contributed by atoms with Gasteiger partial charge in [-0.25, -0.2) is 0 Å². The Morgan fingerprint density at radius 1 is 0.833 bits per heavy atom. The van der Waals surface area contributed by atoms with E-state index < -0.39 is 14.2 Å². The molecule has 8 heteroatoms. The SMILES string of the molecule is COCc1cc(B(O)O)c(COC)cc1B(O)O. The Labute approximate surface area is 106 Å². The smallest absolute Gasteiger partial charge is 0.423 e. The van der Waals surface area contributed by atoms with Gasteiger partial charge in [0.15, 0.2) is 0 Å². The molecule has 0 aliphatic carbocycles. The van der Waals surface area contributed by atoms with E-state index in [9.17, 15) is 20.1 Å². The Morgan fingerprint density at radius 2 is 1.17 bits per heavy atom. The van der Waals surface area contributed by atoms with Gasteiger partial charge in [0.1, 0.15) is 0 Å². The van der Waals surface area contributed by atoms with E-state index >= 15 is 0 Å². The van der Waals surface area contributed by atoms with Crippen molar-refractivity contribution in [2.75, 3.05) is 14.2 Å². The highest BCUT2D eigenvalue weighted by molar-refractivity contribution is 6.61. The average molecular weight is 254 g/mol. The van der Waals surface area contributed by atoms with Gasteiger partial charge in [0.05, 0.1) is 13.2 Å². The number of methoxy groups -OCH3 is 2. The van der Waals surface area contributed by atoms with E-state index in [0.717, 1.165) is 0 Å². The van der Waals surface area contributed by atoms with Crippen LogP contribution in [-0.4, -0.2) is 48.6 Å². The van der Waals surface area contributed by atoms with Crippen LogP contribution in [0.4, 0.5) is 0 Å². The third kappa shape index (κ3) is 3.55. The summed E-state index contributed by atoms with van der Waals surface area (Å²) in [5.41, 5.74) is 1.48. The van der Waals surface area contributed by atoms with Crippen molar-refractivity contribution in [3.05, 3.63) is 23.3 Å². The molecule has 0 amide bonds. The first-order valence-corrected chi connectivity index (χ1v) is 5.37. The minimum Gasteiger partial charge on any atom is -0.423 e. The molecule has 1 aromatic carbocycles. The largest absolute Gasteiger partial charge is 0.488 e. The lowest BCUT2D eigenvalue weighted by Gasteiger charge is -2.15. The summed E-state index contributed by atoms with van der Waals surface area (Å²) in [6.07, 6.45) is 0. The van der Waals surface area contributed by atoms with Crippen molar-refractivity contribution >= 4 is 25.2 Å². The van der Waals surface area contributed by atoms with E-state index in [2.05, 4.69) is 0 Å². The second kappa shape index (κ2) is 6.89. The molecule has 0 heterocycles.